The lowest BCUT2D eigenvalue weighted by Gasteiger charge is -2.25. The van der Waals surface area contributed by atoms with E-state index in [0.717, 1.165) is 6.54 Å². The molecule has 0 spiro atoms. The monoisotopic (exact) mass is 392 g/mol. The van der Waals surface area contributed by atoms with Gasteiger partial charge >= 0.3 is 0 Å². The number of aromatic nitrogens is 1. The number of nitrogens with zero attached hydrogens (tertiary/aromatic N) is 1. The van der Waals surface area contributed by atoms with E-state index in [-0.39, 0.29) is 11.8 Å². The molecule has 2 atom stereocenters. The third kappa shape index (κ3) is 3.10. The summed E-state index contributed by atoms with van der Waals surface area (Å²) in [4.78, 5) is 15.8. The van der Waals surface area contributed by atoms with Crippen molar-refractivity contribution in [3.8, 4) is 0 Å². The number of nitrogens with one attached hydrogen (secondary N) is 1. The number of benzene rings is 1. The van der Waals surface area contributed by atoms with E-state index in [9.17, 15) is 4.79 Å². The summed E-state index contributed by atoms with van der Waals surface area (Å²) < 4.78 is 1.22. The molecular weight excluding hydrogens is 375 g/mol. The minimum atomic E-state index is 0.155. The van der Waals surface area contributed by atoms with Gasteiger partial charge in [-0.1, -0.05) is 12.1 Å². The molecule has 1 N–H and O–H groups in total. The first-order chi connectivity index (χ1) is 10.1. The first-order valence-electron chi connectivity index (χ1n) is 7.08. The van der Waals surface area contributed by atoms with Crippen LogP contribution in [0.15, 0.2) is 42.7 Å². The molecular formula is C17H17IN2O. The number of halogens is 1. The van der Waals surface area contributed by atoms with Crippen LogP contribution < -0.4 is 5.32 Å². The van der Waals surface area contributed by atoms with Crippen LogP contribution in [-0.2, 0) is 4.79 Å². The molecule has 2 unspecified atom stereocenters. The van der Waals surface area contributed by atoms with Gasteiger partial charge in [0, 0.05) is 34.8 Å². The lowest BCUT2D eigenvalue weighted by Crippen LogP contribution is -2.19. The predicted octanol–water partition coefficient (Wildman–Crippen LogP) is 3.26. The Bertz CT molecular complexity index is 671. The van der Waals surface area contributed by atoms with Gasteiger partial charge < -0.3 is 5.32 Å². The van der Waals surface area contributed by atoms with Gasteiger partial charge in [-0.2, -0.15) is 0 Å². The second kappa shape index (κ2) is 6.13. The average Bonchev–Trinajstić information content (AvgIpc) is 2.88. The van der Waals surface area contributed by atoms with E-state index >= 15 is 0 Å². The molecule has 0 radical (unpaired) electrons. The average molecular weight is 392 g/mol. The van der Waals surface area contributed by atoms with Crippen LogP contribution >= 0.6 is 22.6 Å². The molecule has 2 heterocycles. The molecule has 21 heavy (non-hydrogen) atoms. The number of amides is 1. The molecule has 0 aliphatic carbocycles. The van der Waals surface area contributed by atoms with E-state index in [1.807, 2.05) is 12.4 Å². The molecule has 4 heteroatoms. The van der Waals surface area contributed by atoms with Crippen LogP contribution in [0.4, 0.5) is 0 Å². The summed E-state index contributed by atoms with van der Waals surface area (Å²) in [7, 11) is 0. The van der Waals surface area contributed by atoms with E-state index in [4.69, 9.17) is 0 Å². The van der Waals surface area contributed by atoms with Gasteiger partial charge in [-0.25, -0.2) is 0 Å². The number of aryl methyl sites for hydroxylation is 1. The highest BCUT2D eigenvalue weighted by Crippen LogP contribution is 2.37. The van der Waals surface area contributed by atoms with Crippen molar-refractivity contribution in [2.24, 2.45) is 5.92 Å². The van der Waals surface area contributed by atoms with Crippen molar-refractivity contribution in [3.05, 3.63) is 63.0 Å². The molecule has 1 saturated heterocycles. The maximum atomic E-state index is 11.6. The largest absolute Gasteiger partial charge is 0.356 e. The van der Waals surface area contributed by atoms with Gasteiger partial charge in [0.05, 0.1) is 0 Å². The summed E-state index contributed by atoms with van der Waals surface area (Å²) in [6, 6.07) is 10.6. The molecule has 1 aliphatic heterocycles. The molecule has 1 fully saturated rings. The summed E-state index contributed by atoms with van der Waals surface area (Å²) in [5.74, 6) is 0.695. The van der Waals surface area contributed by atoms with E-state index in [1.165, 1.54) is 20.3 Å². The van der Waals surface area contributed by atoms with Crippen LogP contribution in [0.25, 0.3) is 0 Å². The Balaban J connectivity index is 2.07. The Labute approximate surface area is 138 Å². The minimum Gasteiger partial charge on any atom is -0.356 e. The molecule has 108 valence electrons. The fourth-order valence-corrected chi connectivity index (χ4v) is 3.67. The number of rotatable bonds is 3. The lowest BCUT2D eigenvalue weighted by molar-refractivity contribution is -0.119. The molecule has 0 bridgehead atoms. The highest BCUT2D eigenvalue weighted by molar-refractivity contribution is 14.1. The molecule has 0 saturated carbocycles. The van der Waals surface area contributed by atoms with Gasteiger partial charge in [-0.15, -0.1) is 0 Å². The van der Waals surface area contributed by atoms with Gasteiger partial charge in [0.1, 0.15) is 0 Å². The van der Waals surface area contributed by atoms with E-state index in [1.54, 1.807) is 0 Å². The highest BCUT2D eigenvalue weighted by atomic mass is 127. The summed E-state index contributed by atoms with van der Waals surface area (Å²) >= 11 is 2.34. The Kier molecular flexibility index (Phi) is 4.24. The van der Waals surface area contributed by atoms with Crippen molar-refractivity contribution < 1.29 is 4.79 Å². The topological polar surface area (TPSA) is 42.0 Å². The number of carbonyl (C=O) groups is 1. The van der Waals surface area contributed by atoms with Gasteiger partial charge in [0.25, 0.3) is 0 Å². The zero-order chi connectivity index (χ0) is 14.8. The number of pyridine rings is 1. The second-order valence-corrected chi connectivity index (χ2v) is 6.78. The van der Waals surface area contributed by atoms with Crippen molar-refractivity contribution >= 4 is 28.5 Å². The van der Waals surface area contributed by atoms with Crippen molar-refractivity contribution in [2.45, 2.75) is 19.3 Å². The zero-order valence-electron chi connectivity index (χ0n) is 11.8. The molecule has 2 aromatic rings. The molecule has 1 amide bonds. The molecule has 1 aromatic carbocycles. The van der Waals surface area contributed by atoms with E-state index in [0.29, 0.717) is 12.3 Å². The van der Waals surface area contributed by atoms with Crippen molar-refractivity contribution in [1.29, 1.82) is 0 Å². The van der Waals surface area contributed by atoms with E-state index < -0.39 is 0 Å². The molecule has 3 nitrogen and oxygen atoms in total. The van der Waals surface area contributed by atoms with Gasteiger partial charge in [-0.05, 0) is 70.3 Å². The SMILES string of the molecule is Cc1cnccc1C(c1cccc(I)c1)C1CNC(=O)C1. The molecule has 3 rings (SSSR count). The van der Waals surface area contributed by atoms with Crippen LogP contribution in [0.5, 0.6) is 0 Å². The van der Waals surface area contributed by atoms with Gasteiger partial charge in [0.15, 0.2) is 0 Å². The van der Waals surface area contributed by atoms with Crippen LogP contribution in [0, 0.1) is 16.4 Å². The first kappa shape index (κ1) is 14.5. The Hall–Kier alpha value is -1.43. The third-order valence-electron chi connectivity index (χ3n) is 4.09. The number of hydrogen-bond donors (Lipinski definition) is 1. The van der Waals surface area contributed by atoms with Crippen molar-refractivity contribution in [1.82, 2.24) is 10.3 Å². The standard InChI is InChI=1S/C17H17IN2O/c1-11-9-19-6-5-15(11)17(13-8-16(21)20-10-13)12-3-2-4-14(18)7-12/h2-7,9,13,17H,8,10H2,1H3,(H,20,21). The number of hydrogen-bond acceptors (Lipinski definition) is 2. The summed E-state index contributed by atoms with van der Waals surface area (Å²) in [6.45, 7) is 2.84. The smallest absolute Gasteiger partial charge is 0.220 e. The Morgan fingerprint density at radius 3 is 2.90 bits per heavy atom. The lowest BCUT2D eigenvalue weighted by atomic mass is 9.79. The van der Waals surface area contributed by atoms with Gasteiger partial charge in [0.2, 0.25) is 5.91 Å². The van der Waals surface area contributed by atoms with Crippen LogP contribution in [0.3, 0.4) is 0 Å². The quantitative estimate of drug-likeness (QED) is 0.815. The fraction of sp³-hybridized carbons (Fsp3) is 0.294. The van der Waals surface area contributed by atoms with Gasteiger partial charge in [-0.3, -0.25) is 9.78 Å². The summed E-state index contributed by atoms with van der Waals surface area (Å²) in [5.41, 5.74) is 3.73. The second-order valence-electron chi connectivity index (χ2n) is 5.53. The summed E-state index contributed by atoms with van der Waals surface area (Å²) in [5, 5.41) is 2.97. The van der Waals surface area contributed by atoms with Crippen LogP contribution in [0.2, 0.25) is 0 Å². The number of carbonyl (C=O) groups excluding carboxylic acids is 1. The maximum Gasteiger partial charge on any atom is 0.220 e. The molecule has 1 aliphatic rings. The summed E-state index contributed by atoms with van der Waals surface area (Å²) in [6.07, 6.45) is 4.34. The Morgan fingerprint density at radius 1 is 1.38 bits per heavy atom. The van der Waals surface area contributed by atoms with Crippen molar-refractivity contribution in [3.63, 3.8) is 0 Å². The maximum absolute atomic E-state index is 11.6. The van der Waals surface area contributed by atoms with Crippen LogP contribution in [0.1, 0.15) is 29.0 Å². The highest BCUT2D eigenvalue weighted by Gasteiger charge is 2.32. The first-order valence-corrected chi connectivity index (χ1v) is 8.15. The normalized spacial score (nSPS) is 19.3. The van der Waals surface area contributed by atoms with Crippen LogP contribution in [-0.4, -0.2) is 17.4 Å². The Morgan fingerprint density at radius 2 is 2.24 bits per heavy atom. The fourth-order valence-electron chi connectivity index (χ4n) is 3.10. The minimum absolute atomic E-state index is 0.155. The third-order valence-corrected chi connectivity index (χ3v) is 4.76. The predicted molar refractivity (Wildman–Crippen MR) is 91.1 cm³/mol. The van der Waals surface area contributed by atoms with Crippen molar-refractivity contribution in [2.75, 3.05) is 6.54 Å². The van der Waals surface area contributed by atoms with E-state index in [2.05, 4.69) is 70.1 Å². The molecule has 1 aromatic heterocycles. The zero-order valence-corrected chi connectivity index (χ0v) is 14.0.